The Kier molecular flexibility index (Phi) is 4.27. The summed E-state index contributed by atoms with van der Waals surface area (Å²) in [5, 5.41) is 3.16. The minimum Gasteiger partial charge on any atom is -0.306 e. The van der Waals surface area contributed by atoms with Crippen LogP contribution in [0.5, 0.6) is 0 Å². The fourth-order valence-electron chi connectivity index (χ4n) is 2.14. The van der Waals surface area contributed by atoms with Crippen LogP contribution in [0.1, 0.15) is 29.7 Å². The van der Waals surface area contributed by atoms with Crippen molar-refractivity contribution in [3.63, 3.8) is 0 Å². The fourth-order valence-corrected chi connectivity index (χ4v) is 2.14. The van der Waals surface area contributed by atoms with E-state index in [0.717, 1.165) is 11.1 Å². The zero-order chi connectivity index (χ0) is 13.8. The van der Waals surface area contributed by atoms with Crippen LogP contribution in [-0.2, 0) is 6.54 Å². The molecular formula is C16H17F2N. The number of hydrogen-bond donors (Lipinski definition) is 1. The molecule has 0 radical (unpaired) electrons. The first kappa shape index (κ1) is 13.7. The van der Waals surface area contributed by atoms with Gasteiger partial charge in [0.2, 0.25) is 0 Å². The maximum atomic E-state index is 13.5. The minimum atomic E-state index is -0.510. The summed E-state index contributed by atoms with van der Waals surface area (Å²) in [4.78, 5) is 0. The van der Waals surface area contributed by atoms with E-state index < -0.39 is 11.6 Å². The molecule has 3 heteroatoms. The zero-order valence-electron chi connectivity index (χ0n) is 11.1. The summed E-state index contributed by atoms with van der Waals surface area (Å²) in [6, 6.07) is 11.9. The highest BCUT2D eigenvalue weighted by atomic mass is 19.1. The van der Waals surface area contributed by atoms with E-state index in [1.807, 2.05) is 38.1 Å². The second-order valence-corrected chi connectivity index (χ2v) is 4.66. The number of hydrogen-bond acceptors (Lipinski definition) is 1. The topological polar surface area (TPSA) is 12.0 Å². The molecule has 0 aromatic heterocycles. The summed E-state index contributed by atoms with van der Waals surface area (Å²) in [7, 11) is 0. The lowest BCUT2D eigenvalue weighted by molar-refractivity contribution is 0.508. The molecule has 2 aromatic carbocycles. The monoisotopic (exact) mass is 261 g/mol. The van der Waals surface area contributed by atoms with Gasteiger partial charge in [-0.1, -0.05) is 30.3 Å². The summed E-state index contributed by atoms with van der Waals surface area (Å²) in [6.45, 7) is 4.19. The van der Waals surface area contributed by atoms with Gasteiger partial charge in [-0.2, -0.15) is 0 Å². The molecule has 0 bridgehead atoms. The maximum absolute atomic E-state index is 13.5. The highest BCUT2D eigenvalue weighted by molar-refractivity contribution is 5.28. The predicted octanol–water partition coefficient (Wildman–Crippen LogP) is 4.12. The molecule has 0 unspecified atom stereocenters. The van der Waals surface area contributed by atoms with Crippen molar-refractivity contribution in [3.8, 4) is 0 Å². The molecule has 0 amide bonds. The lowest BCUT2D eigenvalue weighted by Crippen LogP contribution is -2.20. The Morgan fingerprint density at radius 1 is 1.00 bits per heavy atom. The molecule has 100 valence electrons. The lowest BCUT2D eigenvalue weighted by atomic mass is 10.0. The maximum Gasteiger partial charge on any atom is 0.130 e. The molecule has 1 atom stereocenters. The number of benzene rings is 2. The Morgan fingerprint density at radius 3 is 2.26 bits per heavy atom. The molecule has 0 saturated carbocycles. The molecule has 2 rings (SSSR count). The first-order chi connectivity index (χ1) is 9.09. The molecule has 2 aromatic rings. The van der Waals surface area contributed by atoms with Gasteiger partial charge >= 0.3 is 0 Å². The van der Waals surface area contributed by atoms with Gasteiger partial charge in [0.15, 0.2) is 0 Å². The minimum absolute atomic E-state index is 0.0419. The highest BCUT2D eigenvalue weighted by Crippen LogP contribution is 2.18. The summed E-state index contributed by atoms with van der Waals surface area (Å²) in [6.07, 6.45) is 0. The molecule has 0 aliphatic carbocycles. The first-order valence-corrected chi connectivity index (χ1v) is 6.31. The molecule has 0 fully saturated rings. The number of rotatable bonds is 4. The van der Waals surface area contributed by atoms with Crippen molar-refractivity contribution >= 4 is 0 Å². The number of aryl methyl sites for hydroxylation is 1. The predicted molar refractivity (Wildman–Crippen MR) is 72.8 cm³/mol. The van der Waals surface area contributed by atoms with Crippen molar-refractivity contribution in [1.29, 1.82) is 0 Å². The van der Waals surface area contributed by atoms with Crippen LogP contribution in [0.3, 0.4) is 0 Å². The Balaban J connectivity index is 2.09. The summed E-state index contributed by atoms with van der Waals surface area (Å²) < 4.78 is 27.0. The first-order valence-electron chi connectivity index (χ1n) is 6.31. The molecule has 0 aliphatic rings. The van der Waals surface area contributed by atoms with Gasteiger partial charge in [0.1, 0.15) is 11.6 Å². The average Bonchev–Trinajstić information content (AvgIpc) is 2.38. The van der Waals surface area contributed by atoms with Gasteiger partial charge < -0.3 is 5.32 Å². The molecule has 0 aliphatic heterocycles. The highest BCUT2D eigenvalue weighted by Gasteiger charge is 2.11. The van der Waals surface area contributed by atoms with Gasteiger partial charge in [-0.05, 0) is 37.1 Å². The third kappa shape index (κ3) is 3.18. The van der Waals surface area contributed by atoms with Crippen LogP contribution in [0, 0.1) is 18.6 Å². The average molecular weight is 261 g/mol. The largest absolute Gasteiger partial charge is 0.306 e. The van der Waals surface area contributed by atoms with Crippen LogP contribution in [0.25, 0.3) is 0 Å². The molecule has 0 saturated heterocycles. The molecule has 0 spiro atoms. The summed E-state index contributed by atoms with van der Waals surface area (Å²) >= 11 is 0. The van der Waals surface area contributed by atoms with Crippen molar-refractivity contribution in [2.24, 2.45) is 0 Å². The van der Waals surface area contributed by atoms with Crippen LogP contribution in [0.4, 0.5) is 8.78 Å². The van der Waals surface area contributed by atoms with E-state index in [1.54, 1.807) is 0 Å². The third-order valence-corrected chi connectivity index (χ3v) is 3.30. The van der Waals surface area contributed by atoms with Crippen molar-refractivity contribution in [2.75, 3.05) is 0 Å². The van der Waals surface area contributed by atoms with Gasteiger partial charge in [-0.3, -0.25) is 0 Å². The van der Waals surface area contributed by atoms with Crippen LogP contribution in [0.15, 0.2) is 42.5 Å². The SMILES string of the molecule is Cc1ccccc1[C@@H](C)NCc1c(F)cccc1F. The van der Waals surface area contributed by atoms with Gasteiger partial charge in [0, 0.05) is 18.2 Å². The molecular weight excluding hydrogens is 244 g/mol. The van der Waals surface area contributed by atoms with Crippen molar-refractivity contribution in [3.05, 3.63) is 70.8 Å². The van der Waals surface area contributed by atoms with Crippen molar-refractivity contribution in [2.45, 2.75) is 26.4 Å². The second-order valence-electron chi connectivity index (χ2n) is 4.66. The van der Waals surface area contributed by atoms with Gasteiger partial charge in [0.25, 0.3) is 0 Å². The van der Waals surface area contributed by atoms with Crippen LogP contribution in [0.2, 0.25) is 0 Å². The van der Waals surface area contributed by atoms with Crippen molar-refractivity contribution in [1.82, 2.24) is 5.32 Å². The Morgan fingerprint density at radius 2 is 1.63 bits per heavy atom. The van der Waals surface area contributed by atoms with E-state index in [0.29, 0.717) is 0 Å². The molecule has 1 N–H and O–H groups in total. The van der Waals surface area contributed by atoms with E-state index in [4.69, 9.17) is 0 Å². The Hall–Kier alpha value is -1.74. The van der Waals surface area contributed by atoms with E-state index in [-0.39, 0.29) is 18.2 Å². The summed E-state index contributed by atoms with van der Waals surface area (Å²) in [5.74, 6) is -1.02. The van der Waals surface area contributed by atoms with E-state index in [1.165, 1.54) is 18.2 Å². The Labute approximate surface area is 112 Å². The third-order valence-electron chi connectivity index (χ3n) is 3.30. The lowest BCUT2D eigenvalue weighted by Gasteiger charge is -2.17. The van der Waals surface area contributed by atoms with E-state index in [9.17, 15) is 8.78 Å². The molecule has 1 nitrogen and oxygen atoms in total. The van der Waals surface area contributed by atoms with Gasteiger partial charge in [0.05, 0.1) is 0 Å². The molecule has 0 heterocycles. The fraction of sp³-hybridized carbons (Fsp3) is 0.250. The number of halogens is 2. The summed E-state index contributed by atoms with van der Waals surface area (Å²) in [5.41, 5.74) is 2.39. The molecule has 19 heavy (non-hydrogen) atoms. The zero-order valence-corrected chi connectivity index (χ0v) is 11.1. The smallest absolute Gasteiger partial charge is 0.130 e. The van der Waals surface area contributed by atoms with Crippen LogP contribution < -0.4 is 5.32 Å². The quantitative estimate of drug-likeness (QED) is 0.872. The second kappa shape index (κ2) is 5.93. The van der Waals surface area contributed by atoms with Gasteiger partial charge in [-0.25, -0.2) is 8.78 Å². The van der Waals surface area contributed by atoms with E-state index >= 15 is 0 Å². The normalized spacial score (nSPS) is 12.4. The Bertz CT molecular complexity index is 546. The van der Waals surface area contributed by atoms with Crippen LogP contribution in [-0.4, -0.2) is 0 Å². The van der Waals surface area contributed by atoms with Crippen molar-refractivity contribution < 1.29 is 8.78 Å². The van der Waals surface area contributed by atoms with Gasteiger partial charge in [-0.15, -0.1) is 0 Å². The number of nitrogens with one attached hydrogen (secondary N) is 1. The van der Waals surface area contributed by atoms with Crippen LogP contribution >= 0.6 is 0 Å². The standard InChI is InChI=1S/C16H17F2N/c1-11-6-3-4-7-13(11)12(2)19-10-14-15(17)8-5-9-16(14)18/h3-9,12,19H,10H2,1-2H3/t12-/m1/s1. The van der Waals surface area contributed by atoms with E-state index in [2.05, 4.69) is 5.32 Å².